The Morgan fingerprint density at radius 2 is 1.50 bits per heavy atom. The first kappa shape index (κ1) is 15.4. The van der Waals surface area contributed by atoms with Crippen LogP contribution in [0.3, 0.4) is 0 Å². The lowest BCUT2D eigenvalue weighted by atomic mass is 10.0. The second-order valence-electron chi connectivity index (χ2n) is 6.36. The van der Waals surface area contributed by atoms with Gasteiger partial charge in [0.2, 0.25) is 10.0 Å². The van der Waals surface area contributed by atoms with E-state index >= 15 is 0 Å². The van der Waals surface area contributed by atoms with Crippen LogP contribution in [0.5, 0.6) is 0 Å². The maximum absolute atomic E-state index is 12.9. The van der Waals surface area contributed by atoms with Crippen molar-refractivity contribution >= 4 is 20.8 Å². The molecule has 0 unspecified atom stereocenters. The molecule has 4 rings (SSSR count). The first-order chi connectivity index (χ1) is 11.6. The van der Waals surface area contributed by atoms with Gasteiger partial charge in [-0.1, -0.05) is 60.7 Å². The largest absolute Gasteiger partial charge is 0.241 e. The highest BCUT2D eigenvalue weighted by Crippen LogP contribution is 2.41. The van der Waals surface area contributed by atoms with Gasteiger partial charge in [0.25, 0.3) is 0 Å². The SMILES string of the molecule is O=S(=O)(N[C@@H](c1ccccc1)C1CC1)c1ccc2ccccc2c1. The third kappa shape index (κ3) is 3.07. The monoisotopic (exact) mass is 337 g/mol. The van der Waals surface area contributed by atoms with Crippen molar-refractivity contribution in [3.8, 4) is 0 Å². The van der Waals surface area contributed by atoms with E-state index in [-0.39, 0.29) is 6.04 Å². The van der Waals surface area contributed by atoms with Crippen molar-refractivity contribution in [1.29, 1.82) is 0 Å². The van der Waals surface area contributed by atoms with E-state index in [1.165, 1.54) is 0 Å². The van der Waals surface area contributed by atoms with Gasteiger partial charge in [-0.25, -0.2) is 13.1 Å². The molecule has 0 aliphatic heterocycles. The molecule has 1 atom stereocenters. The smallest absolute Gasteiger partial charge is 0.207 e. The lowest BCUT2D eigenvalue weighted by Crippen LogP contribution is -2.30. The first-order valence-corrected chi connectivity index (χ1v) is 9.68. The maximum Gasteiger partial charge on any atom is 0.241 e. The van der Waals surface area contributed by atoms with E-state index in [1.807, 2.05) is 60.7 Å². The molecule has 1 fully saturated rings. The Hall–Kier alpha value is -2.17. The molecule has 0 amide bonds. The van der Waals surface area contributed by atoms with Gasteiger partial charge in [0.1, 0.15) is 0 Å². The van der Waals surface area contributed by atoms with Crippen LogP contribution >= 0.6 is 0 Å². The molecule has 4 heteroatoms. The Morgan fingerprint density at radius 1 is 0.833 bits per heavy atom. The van der Waals surface area contributed by atoms with Crippen LogP contribution in [-0.4, -0.2) is 8.42 Å². The second-order valence-corrected chi connectivity index (χ2v) is 8.07. The first-order valence-electron chi connectivity index (χ1n) is 8.19. The van der Waals surface area contributed by atoms with Crippen LogP contribution in [0.15, 0.2) is 77.7 Å². The molecule has 1 N–H and O–H groups in total. The van der Waals surface area contributed by atoms with E-state index in [4.69, 9.17) is 0 Å². The van der Waals surface area contributed by atoms with Gasteiger partial charge >= 0.3 is 0 Å². The lowest BCUT2D eigenvalue weighted by Gasteiger charge is -2.19. The molecule has 0 radical (unpaired) electrons. The van der Waals surface area contributed by atoms with Gasteiger partial charge in [0.05, 0.1) is 4.90 Å². The number of benzene rings is 3. The van der Waals surface area contributed by atoms with Gasteiger partial charge in [0.15, 0.2) is 0 Å². The molecule has 0 aromatic heterocycles. The third-order valence-electron chi connectivity index (χ3n) is 4.57. The van der Waals surface area contributed by atoms with Crippen LogP contribution < -0.4 is 4.72 Å². The van der Waals surface area contributed by atoms with E-state index in [9.17, 15) is 8.42 Å². The summed E-state index contributed by atoms with van der Waals surface area (Å²) < 4.78 is 28.7. The molecule has 122 valence electrons. The Bertz CT molecular complexity index is 963. The summed E-state index contributed by atoms with van der Waals surface area (Å²) in [6, 6.07) is 22.8. The number of nitrogens with one attached hydrogen (secondary N) is 1. The Labute approximate surface area is 142 Å². The van der Waals surface area contributed by atoms with Crippen molar-refractivity contribution in [2.45, 2.75) is 23.8 Å². The molecule has 3 nitrogen and oxygen atoms in total. The molecule has 0 bridgehead atoms. The Balaban J connectivity index is 1.68. The number of rotatable bonds is 5. The van der Waals surface area contributed by atoms with E-state index in [2.05, 4.69) is 4.72 Å². The third-order valence-corrected chi connectivity index (χ3v) is 6.00. The van der Waals surface area contributed by atoms with Crippen LogP contribution in [-0.2, 0) is 10.0 Å². The minimum atomic E-state index is -3.55. The quantitative estimate of drug-likeness (QED) is 0.756. The molecule has 1 aliphatic carbocycles. The van der Waals surface area contributed by atoms with Gasteiger partial charge in [-0.05, 0) is 47.2 Å². The van der Waals surface area contributed by atoms with E-state index < -0.39 is 10.0 Å². The van der Waals surface area contributed by atoms with Crippen LogP contribution in [0.2, 0.25) is 0 Å². The molecule has 0 saturated heterocycles. The van der Waals surface area contributed by atoms with Crippen LogP contribution in [0.25, 0.3) is 10.8 Å². The highest BCUT2D eigenvalue weighted by Gasteiger charge is 2.35. The minimum absolute atomic E-state index is 0.150. The highest BCUT2D eigenvalue weighted by atomic mass is 32.2. The molecule has 1 saturated carbocycles. The van der Waals surface area contributed by atoms with Crippen molar-refractivity contribution < 1.29 is 8.42 Å². The topological polar surface area (TPSA) is 46.2 Å². The van der Waals surface area contributed by atoms with Crippen molar-refractivity contribution in [2.24, 2.45) is 5.92 Å². The summed E-state index contributed by atoms with van der Waals surface area (Å²) in [6.45, 7) is 0. The lowest BCUT2D eigenvalue weighted by molar-refractivity contribution is 0.529. The minimum Gasteiger partial charge on any atom is -0.207 e. The van der Waals surface area contributed by atoms with Crippen LogP contribution in [0.1, 0.15) is 24.4 Å². The van der Waals surface area contributed by atoms with E-state index in [1.54, 1.807) is 12.1 Å². The maximum atomic E-state index is 12.9. The highest BCUT2D eigenvalue weighted by molar-refractivity contribution is 7.89. The zero-order valence-corrected chi connectivity index (χ0v) is 14.0. The summed E-state index contributed by atoms with van der Waals surface area (Å²) in [6.07, 6.45) is 2.14. The second kappa shape index (κ2) is 6.04. The predicted molar refractivity (Wildman–Crippen MR) is 96.2 cm³/mol. The van der Waals surface area contributed by atoms with Gasteiger partial charge in [-0.15, -0.1) is 0 Å². The molecular formula is C20H19NO2S. The molecule has 1 aliphatic rings. The van der Waals surface area contributed by atoms with Gasteiger partial charge < -0.3 is 0 Å². The Kier molecular flexibility index (Phi) is 3.87. The Morgan fingerprint density at radius 3 is 2.21 bits per heavy atom. The van der Waals surface area contributed by atoms with Crippen molar-refractivity contribution in [2.75, 3.05) is 0 Å². The average Bonchev–Trinajstić information content (AvgIpc) is 3.45. The van der Waals surface area contributed by atoms with Crippen LogP contribution in [0.4, 0.5) is 0 Å². The summed E-state index contributed by atoms with van der Waals surface area (Å²) in [4.78, 5) is 0.322. The van der Waals surface area contributed by atoms with Crippen LogP contribution in [0, 0.1) is 5.92 Å². The summed E-state index contributed by atoms with van der Waals surface area (Å²) in [7, 11) is -3.55. The summed E-state index contributed by atoms with van der Waals surface area (Å²) >= 11 is 0. The predicted octanol–water partition coefficient (Wildman–Crippen LogP) is 4.27. The molecular weight excluding hydrogens is 318 g/mol. The number of hydrogen-bond acceptors (Lipinski definition) is 2. The normalized spacial score (nSPS) is 16.2. The summed E-state index contributed by atoms with van der Waals surface area (Å²) in [5.41, 5.74) is 1.03. The number of hydrogen-bond donors (Lipinski definition) is 1. The van der Waals surface area contributed by atoms with Gasteiger partial charge in [-0.3, -0.25) is 0 Å². The van der Waals surface area contributed by atoms with Gasteiger partial charge in [-0.2, -0.15) is 0 Å². The zero-order valence-electron chi connectivity index (χ0n) is 13.2. The standard InChI is InChI=1S/C20H19NO2S/c22-24(23,19-13-12-15-6-4-5-9-18(15)14-19)21-20(17-10-11-17)16-7-2-1-3-8-16/h1-9,12-14,17,20-21H,10-11H2/t20-/m0/s1. The fraction of sp³-hybridized carbons (Fsp3) is 0.200. The fourth-order valence-corrected chi connectivity index (χ4v) is 4.42. The van der Waals surface area contributed by atoms with Crippen molar-refractivity contribution in [1.82, 2.24) is 4.72 Å². The molecule has 3 aromatic rings. The molecule has 0 spiro atoms. The van der Waals surface area contributed by atoms with Crippen molar-refractivity contribution in [3.63, 3.8) is 0 Å². The average molecular weight is 337 g/mol. The molecule has 24 heavy (non-hydrogen) atoms. The number of fused-ring (bicyclic) bond motifs is 1. The van der Waals surface area contributed by atoms with E-state index in [0.29, 0.717) is 10.8 Å². The van der Waals surface area contributed by atoms with Crippen molar-refractivity contribution in [3.05, 3.63) is 78.4 Å². The van der Waals surface area contributed by atoms with E-state index in [0.717, 1.165) is 29.2 Å². The van der Waals surface area contributed by atoms with Gasteiger partial charge in [0, 0.05) is 6.04 Å². The molecule has 0 heterocycles. The fourth-order valence-electron chi connectivity index (χ4n) is 3.10. The molecule has 3 aromatic carbocycles. The summed E-state index contributed by atoms with van der Waals surface area (Å²) in [5.74, 6) is 0.391. The zero-order chi connectivity index (χ0) is 16.6. The number of sulfonamides is 1. The summed E-state index contributed by atoms with van der Waals surface area (Å²) in [5, 5.41) is 1.97.